The van der Waals surface area contributed by atoms with E-state index in [0.717, 1.165) is 18.9 Å². The Morgan fingerprint density at radius 1 is 1.33 bits per heavy atom. The molecular formula is C14H22N4. The van der Waals surface area contributed by atoms with Gasteiger partial charge in [0.2, 0.25) is 0 Å². The van der Waals surface area contributed by atoms with Gasteiger partial charge in [-0.05, 0) is 50.8 Å². The molecule has 0 amide bonds. The molecule has 0 radical (unpaired) electrons. The standard InChI is InChI=1S/C14H22N4/c1-12-8-13(17-16-9-12)18-7-3-5-14(11-18)4-2-6-15-10-14/h8-9,15H,2-7,10-11H2,1H3. The Labute approximate surface area is 109 Å². The summed E-state index contributed by atoms with van der Waals surface area (Å²) >= 11 is 0. The predicted molar refractivity (Wildman–Crippen MR) is 72.8 cm³/mol. The van der Waals surface area contributed by atoms with Crippen LogP contribution < -0.4 is 10.2 Å². The molecule has 0 bridgehead atoms. The fraction of sp³-hybridized carbons (Fsp3) is 0.714. The summed E-state index contributed by atoms with van der Waals surface area (Å²) in [6, 6.07) is 2.16. The van der Waals surface area contributed by atoms with Gasteiger partial charge in [0.05, 0.1) is 6.20 Å². The highest BCUT2D eigenvalue weighted by molar-refractivity contribution is 5.40. The molecule has 2 fully saturated rings. The first kappa shape index (κ1) is 11.9. The van der Waals surface area contributed by atoms with Crippen molar-refractivity contribution in [2.24, 2.45) is 5.41 Å². The Kier molecular flexibility index (Phi) is 3.20. The molecule has 4 nitrogen and oxygen atoms in total. The lowest BCUT2D eigenvalue weighted by Gasteiger charge is -2.45. The smallest absolute Gasteiger partial charge is 0.151 e. The summed E-state index contributed by atoms with van der Waals surface area (Å²) in [5, 5.41) is 11.9. The average molecular weight is 246 g/mol. The molecule has 1 atom stereocenters. The lowest BCUT2D eigenvalue weighted by Crippen LogP contribution is -2.51. The summed E-state index contributed by atoms with van der Waals surface area (Å²) in [7, 11) is 0. The van der Waals surface area contributed by atoms with E-state index < -0.39 is 0 Å². The molecule has 98 valence electrons. The van der Waals surface area contributed by atoms with E-state index in [1.807, 2.05) is 6.20 Å². The fourth-order valence-electron chi connectivity index (χ4n) is 3.39. The zero-order chi connectivity index (χ0) is 12.4. The van der Waals surface area contributed by atoms with Gasteiger partial charge in [-0.3, -0.25) is 0 Å². The highest BCUT2D eigenvalue weighted by Gasteiger charge is 2.36. The van der Waals surface area contributed by atoms with Crippen molar-refractivity contribution in [2.75, 3.05) is 31.1 Å². The molecule has 18 heavy (non-hydrogen) atoms. The van der Waals surface area contributed by atoms with Crippen molar-refractivity contribution in [2.45, 2.75) is 32.6 Å². The molecule has 1 aromatic rings. The van der Waals surface area contributed by atoms with Gasteiger partial charge >= 0.3 is 0 Å². The summed E-state index contributed by atoms with van der Waals surface area (Å²) in [5.74, 6) is 1.06. The maximum Gasteiger partial charge on any atom is 0.151 e. The number of piperidine rings is 2. The number of anilines is 1. The summed E-state index contributed by atoms with van der Waals surface area (Å²) in [6.07, 6.45) is 7.13. The van der Waals surface area contributed by atoms with Crippen molar-refractivity contribution in [3.8, 4) is 0 Å². The largest absolute Gasteiger partial charge is 0.355 e. The first-order valence-corrected chi connectivity index (χ1v) is 7.03. The molecule has 0 aliphatic carbocycles. The highest BCUT2D eigenvalue weighted by Crippen LogP contribution is 2.37. The van der Waals surface area contributed by atoms with Gasteiger partial charge in [0.15, 0.2) is 5.82 Å². The summed E-state index contributed by atoms with van der Waals surface area (Å²) in [6.45, 7) is 6.70. The SMILES string of the molecule is Cc1cnnc(N2CCCC3(CCCNC3)C2)c1. The first-order chi connectivity index (χ1) is 8.77. The van der Waals surface area contributed by atoms with Crippen molar-refractivity contribution in [1.29, 1.82) is 0 Å². The second kappa shape index (κ2) is 4.84. The van der Waals surface area contributed by atoms with Crippen molar-refractivity contribution in [3.05, 3.63) is 17.8 Å². The minimum absolute atomic E-state index is 0.474. The minimum atomic E-state index is 0.474. The molecule has 3 rings (SSSR count). The van der Waals surface area contributed by atoms with E-state index >= 15 is 0 Å². The van der Waals surface area contributed by atoms with Crippen LogP contribution in [0.1, 0.15) is 31.2 Å². The van der Waals surface area contributed by atoms with Crippen molar-refractivity contribution < 1.29 is 0 Å². The van der Waals surface area contributed by atoms with Crippen LogP contribution in [0, 0.1) is 12.3 Å². The van der Waals surface area contributed by atoms with Crippen LogP contribution in [0.5, 0.6) is 0 Å². The Morgan fingerprint density at radius 2 is 2.22 bits per heavy atom. The molecule has 0 saturated carbocycles. The van der Waals surface area contributed by atoms with Crippen LogP contribution >= 0.6 is 0 Å². The molecular weight excluding hydrogens is 224 g/mol. The molecule has 1 unspecified atom stereocenters. The molecule has 1 spiro atoms. The lowest BCUT2D eigenvalue weighted by atomic mass is 9.74. The van der Waals surface area contributed by atoms with Crippen molar-refractivity contribution in [3.63, 3.8) is 0 Å². The lowest BCUT2D eigenvalue weighted by molar-refractivity contribution is 0.172. The first-order valence-electron chi connectivity index (χ1n) is 7.03. The second-order valence-electron chi connectivity index (χ2n) is 5.90. The zero-order valence-electron chi connectivity index (χ0n) is 11.2. The van der Waals surface area contributed by atoms with E-state index in [1.165, 1.54) is 44.3 Å². The van der Waals surface area contributed by atoms with E-state index in [-0.39, 0.29) is 0 Å². The Balaban J connectivity index is 1.77. The molecule has 0 aromatic carbocycles. The van der Waals surface area contributed by atoms with Crippen LogP contribution in [0.3, 0.4) is 0 Å². The van der Waals surface area contributed by atoms with Gasteiger partial charge in [-0.15, -0.1) is 5.10 Å². The third-order valence-corrected chi connectivity index (χ3v) is 4.32. The van der Waals surface area contributed by atoms with E-state index in [4.69, 9.17) is 0 Å². The number of aryl methyl sites for hydroxylation is 1. The van der Waals surface area contributed by atoms with Gasteiger partial charge in [-0.2, -0.15) is 5.10 Å². The molecule has 4 heteroatoms. The number of hydrogen-bond acceptors (Lipinski definition) is 4. The highest BCUT2D eigenvalue weighted by atomic mass is 15.3. The quantitative estimate of drug-likeness (QED) is 0.819. The maximum atomic E-state index is 4.30. The minimum Gasteiger partial charge on any atom is -0.355 e. The van der Waals surface area contributed by atoms with Crippen LogP contribution in [0.4, 0.5) is 5.82 Å². The van der Waals surface area contributed by atoms with E-state index in [0.29, 0.717) is 5.41 Å². The topological polar surface area (TPSA) is 41.1 Å². The van der Waals surface area contributed by atoms with Gasteiger partial charge in [0, 0.05) is 25.0 Å². The molecule has 2 aliphatic heterocycles. The summed E-state index contributed by atoms with van der Waals surface area (Å²) in [4.78, 5) is 2.43. The molecule has 2 aliphatic rings. The van der Waals surface area contributed by atoms with Crippen LogP contribution in [0.25, 0.3) is 0 Å². The monoisotopic (exact) mass is 246 g/mol. The Morgan fingerprint density at radius 3 is 3.00 bits per heavy atom. The average Bonchev–Trinajstić information content (AvgIpc) is 2.40. The molecule has 1 aromatic heterocycles. The molecule has 2 saturated heterocycles. The number of nitrogens with zero attached hydrogens (tertiary/aromatic N) is 3. The van der Waals surface area contributed by atoms with Gasteiger partial charge in [0.1, 0.15) is 0 Å². The number of hydrogen-bond donors (Lipinski definition) is 1. The Bertz CT molecular complexity index is 407. The Hall–Kier alpha value is -1.16. The maximum absolute atomic E-state index is 4.30. The van der Waals surface area contributed by atoms with Gasteiger partial charge < -0.3 is 10.2 Å². The van der Waals surface area contributed by atoms with Crippen LogP contribution in [0.2, 0.25) is 0 Å². The van der Waals surface area contributed by atoms with Gasteiger partial charge in [-0.25, -0.2) is 0 Å². The normalized spacial score (nSPS) is 28.6. The molecule has 1 N–H and O–H groups in total. The molecule has 3 heterocycles. The fourth-order valence-corrected chi connectivity index (χ4v) is 3.39. The van der Waals surface area contributed by atoms with Crippen molar-refractivity contribution >= 4 is 5.82 Å². The second-order valence-corrected chi connectivity index (χ2v) is 5.90. The number of nitrogens with one attached hydrogen (secondary N) is 1. The third kappa shape index (κ3) is 2.34. The third-order valence-electron chi connectivity index (χ3n) is 4.32. The summed E-state index contributed by atoms with van der Waals surface area (Å²) < 4.78 is 0. The van der Waals surface area contributed by atoms with Crippen LogP contribution in [-0.4, -0.2) is 36.4 Å². The van der Waals surface area contributed by atoms with Crippen LogP contribution in [0.15, 0.2) is 12.3 Å². The summed E-state index contributed by atoms with van der Waals surface area (Å²) in [5.41, 5.74) is 1.67. The van der Waals surface area contributed by atoms with Gasteiger partial charge in [-0.1, -0.05) is 0 Å². The van der Waals surface area contributed by atoms with Crippen LogP contribution in [-0.2, 0) is 0 Å². The predicted octanol–water partition coefficient (Wildman–Crippen LogP) is 1.76. The zero-order valence-corrected chi connectivity index (χ0v) is 11.2. The van der Waals surface area contributed by atoms with E-state index in [1.54, 1.807) is 0 Å². The number of aromatic nitrogens is 2. The van der Waals surface area contributed by atoms with E-state index in [2.05, 4.69) is 33.4 Å². The van der Waals surface area contributed by atoms with Gasteiger partial charge in [0.25, 0.3) is 0 Å². The number of rotatable bonds is 1. The van der Waals surface area contributed by atoms with E-state index in [9.17, 15) is 0 Å². The van der Waals surface area contributed by atoms with Crippen molar-refractivity contribution in [1.82, 2.24) is 15.5 Å².